The van der Waals surface area contributed by atoms with Gasteiger partial charge in [0, 0.05) is 18.8 Å². The first-order valence-corrected chi connectivity index (χ1v) is 5.71. The zero-order chi connectivity index (χ0) is 12.8. The van der Waals surface area contributed by atoms with Crippen LogP contribution in [0, 0.1) is 6.92 Å². The molecule has 0 bridgehead atoms. The third-order valence-electron chi connectivity index (χ3n) is 2.22. The topological polar surface area (TPSA) is 66.5 Å². The maximum atomic E-state index is 5.46. The van der Waals surface area contributed by atoms with Crippen molar-refractivity contribution < 1.29 is 0 Å². The van der Waals surface area contributed by atoms with Crippen LogP contribution in [0.2, 0.25) is 0 Å². The van der Waals surface area contributed by atoms with Gasteiger partial charge in [-0.2, -0.15) is 0 Å². The summed E-state index contributed by atoms with van der Waals surface area (Å²) in [5.41, 5.74) is 4.63. The Hall–Kier alpha value is -1.62. The fraction of sp³-hybridized carbons (Fsp3) is 0.500. The minimum atomic E-state index is 0.203. The van der Waals surface area contributed by atoms with Crippen molar-refractivity contribution in [3.05, 3.63) is 29.6 Å². The second-order valence-electron chi connectivity index (χ2n) is 4.32. The van der Waals surface area contributed by atoms with Crippen molar-refractivity contribution in [2.24, 2.45) is 10.8 Å². The molecule has 0 aromatic carbocycles. The van der Waals surface area contributed by atoms with Gasteiger partial charge in [0.25, 0.3) is 0 Å². The van der Waals surface area contributed by atoms with E-state index >= 15 is 0 Å². The number of nitrogens with two attached hydrogens (primary N) is 1. The first-order chi connectivity index (χ1) is 8.02. The van der Waals surface area contributed by atoms with E-state index in [9.17, 15) is 0 Å². The minimum absolute atomic E-state index is 0.203. The predicted octanol–water partition coefficient (Wildman–Crippen LogP) is 1.05. The maximum Gasteiger partial charge on any atom is 0.208 e. The molecule has 94 valence electrons. The number of aliphatic imine (C=N–C) groups is 1. The Balaban J connectivity index is 2.74. The van der Waals surface area contributed by atoms with Crippen LogP contribution < -0.4 is 11.3 Å². The smallest absolute Gasteiger partial charge is 0.208 e. The molecule has 0 atom stereocenters. The number of guanidine groups is 1. The Labute approximate surface area is 103 Å². The van der Waals surface area contributed by atoms with Gasteiger partial charge in [-0.1, -0.05) is 6.07 Å². The molecule has 0 saturated carbocycles. The summed E-state index contributed by atoms with van der Waals surface area (Å²) in [6.45, 7) is 6.68. The number of hydrazine groups is 1. The third-order valence-corrected chi connectivity index (χ3v) is 2.22. The van der Waals surface area contributed by atoms with Crippen molar-refractivity contribution in [1.29, 1.82) is 0 Å². The summed E-state index contributed by atoms with van der Waals surface area (Å²) in [6, 6.07) is 6.18. The van der Waals surface area contributed by atoms with Crippen LogP contribution in [0.15, 0.2) is 23.2 Å². The molecule has 0 radical (unpaired) electrons. The van der Waals surface area contributed by atoms with Crippen LogP contribution in [0.3, 0.4) is 0 Å². The Kier molecular flexibility index (Phi) is 4.90. The van der Waals surface area contributed by atoms with Gasteiger partial charge in [0.05, 0.1) is 12.2 Å². The van der Waals surface area contributed by atoms with Crippen LogP contribution in [0.1, 0.15) is 25.2 Å². The van der Waals surface area contributed by atoms with E-state index < -0.39 is 0 Å². The average molecular weight is 235 g/mol. The number of pyridine rings is 1. The molecule has 0 fully saturated rings. The number of nitrogens with zero attached hydrogens (tertiary/aromatic N) is 3. The Morgan fingerprint density at radius 1 is 1.53 bits per heavy atom. The lowest BCUT2D eigenvalue weighted by molar-refractivity contribution is 0.467. The van der Waals surface area contributed by atoms with E-state index in [1.54, 1.807) is 0 Å². The molecule has 1 rings (SSSR count). The maximum absolute atomic E-state index is 5.46. The monoisotopic (exact) mass is 235 g/mol. The minimum Gasteiger partial charge on any atom is -0.339 e. The third kappa shape index (κ3) is 4.40. The Bertz CT molecular complexity index is 386. The van der Waals surface area contributed by atoms with Crippen LogP contribution >= 0.6 is 0 Å². The Morgan fingerprint density at radius 2 is 2.24 bits per heavy atom. The van der Waals surface area contributed by atoms with E-state index in [2.05, 4.69) is 15.4 Å². The normalized spacial score (nSPS) is 11.8. The van der Waals surface area contributed by atoms with E-state index in [4.69, 9.17) is 5.84 Å². The van der Waals surface area contributed by atoms with Crippen LogP contribution in [0.25, 0.3) is 0 Å². The molecule has 1 aromatic heterocycles. The van der Waals surface area contributed by atoms with Crippen molar-refractivity contribution in [2.75, 3.05) is 7.05 Å². The molecular weight excluding hydrogens is 214 g/mol. The molecule has 0 spiro atoms. The molecule has 0 unspecified atom stereocenters. The van der Waals surface area contributed by atoms with E-state index in [0.29, 0.717) is 12.5 Å². The molecule has 5 heteroatoms. The summed E-state index contributed by atoms with van der Waals surface area (Å²) in [5.74, 6) is 6.13. The summed E-state index contributed by atoms with van der Waals surface area (Å²) < 4.78 is 0. The molecule has 17 heavy (non-hydrogen) atoms. The van der Waals surface area contributed by atoms with Crippen molar-refractivity contribution in [3.8, 4) is 0 Å². The molecule has 0 aliphatic rings. The summed E-state index contributed by atoms with van der Waals surface area (Å²) in [5, 5.41) is 0. The quantitative estimate of drug-likeness (QED) is 0.356. The van der Waals surface area contributed by atoms with E-state index in [-0.39, 0.29) is 6.04 Å². The number of rotatable bonds is 3. The van der Waals surface area contributed by atoms with Gasteiger partial charge in [0.1, 0.15) is 0 Å². The van der Waals surface area contributed by atoms with E-state index in [0.717, 1.165) is 11.4 Å². The first-order valence-electron chi connectivity index (χ1n) is 5.71. The van der Waals surface area contributed by atoms with Gasteiger partial charge < -0.3 is 4.90 Å². The zero-order valence-electron chi connectivity index (χ0n) is 10.9. The van der Waals surface area contributed by atoms with Gasteiger partial charge in [-0.05, 0) is 32.9 Å². The largest absolute Gasteiger partial charge is 0.339 e. The molecule has 0 amide bonds. The number of hydrogen-bond acceptors (Lipinski definition) is 3. The summed E-state index contributed by atoms with van der Waals surface area (Å²) in [7, 11) is 1.94. The lowest BCUT2D eigenvalue weighted by Gasteiger charge is -2.21. The van der Waals surface area contributed by atoms with E-state index in [1.165, 1.54) is 0 Å². The number of hydrogen-bond donors (Lipinski definition) is 2. The molecular formula is C12H21N5. The van der Waals surface area contributed by atoms with Gasteiger partial charge in [0.2, 0.25) is 5.96 Å². The Morgan fingerprint density at radius 3 is 2.76 bits per heavy atom. The van der Waals surface area contributed by atoms with Crippen LogP contribution in [-0.2, 0) is 6.54 Å². The lowest BCUT2D eigenvalue weighted by Crippen LogP contribution is -2.43. The fourth-order valence-electron chi connectivity index (χ4n) is 1.50. The highest BCUT2D eigenvalue weighted by molar-refractivity contribution is 5.79. The summed E-state index contributed by atoms with van der Waals surface area (Å²) >= 11 is 0. The molecule has 0 aliphatic heterocycles. The SMILES string of the molecule is Cc1cccc(CN(C)C(=NC(C)C)NN)n1. The predicted molar refractivity (Wildman–Crippen MR) is 70.3 cm³/mol. The van der Waals surface area contributed by atoms with Gasteiger partial charge in [-0.3, -0.25) is 10.4 Å². The second kappa shape index (κ2) is 6.20. The van der Waals surface area contributed by atoms with Crippen molar-refractivity contribution >= 4 is 5.96 Å². The molecule has 0 aliphatic carbocycles. The zero-order valence-corrected chi connectivity index (χ0v) is 10.9. The van der Waals surface area contributed by atoms with Crippen molar-refractivity contribution in [1.82, 2.24) is 15.3 Å². The molecule has 0 saturated heterocycles. The number of aryl methyl sites for hydroxylation is 1. The van der Waals surface area contributed by atoms with Crippen molar-refractivity contribution in [2.45, 2.75) is 33.4 Å². The van der Waals surface area contributed by atoms with Crippen LogP contribution in [-0.4, -0.2) is 28.9 Å². The second-order valence-corrected chi connectivity index (χ2v) is 4.32. The van der Waals surface area contributed by atoms with Gasteiger partial charge in [-0.15, -0.1) is 0 Å². The highest BCUT2D eigenvalue weighted by atomic mass is 15.4. The summed E-state index contributed by atoms with van der Waals surface area (Å²) in [4.78, 5) is 10.8. The highest BCUT2D eigenvalue weighted by Gasteiger charge is 2.07. The number of aromatic nitrogens is 1. The summed E-state index contributed by atoms with van der Waals surface area (Å²) in [6.07, 6.45) is 0. The van der Waals surface area contributed by atoms with Crippen LogP contribution in [0.4, 0.5) is 0 Å². The molecule has 5 nitrogen and oxygen atoms in total. The molecule has 3 N–H and O–H groups in total. The first kappa shape index (κ1) is 13.4. The lowest BCUT2D eigenvalue weighted by atomic mass is 10.3. The van der Waals surface area contributed by atoms with Gasteiger partial charge in [0.15, 0.2) is 0 Å². The standard InChI is InChI=1S/C12H21N5/c1-9(2)14-12(16-13)17(4)8-11-7-5-6-10(3)15-11/h5-7,9H,8,13H2,1-4H3,(H,14,16). The molecule has 1 heterocycles. The highest BCUT2D eigenvalue weighted by Crippen LogP contribution is 2.02. The fourth-order valence-corrected chi connectivity index (χ4v) is 1.50. The van der Waals surface area contributed by atoms with Gasteiger partial charge >= 0.3 is 0 Å². The average Bonchev–Trinajstić information content (AvgIpc) is 2.25. The van der Waals surface area contributed by atoms with Crippen molar-refractivity contribution in [3.63, 3.8) is 0 Å². The molecule has 1 aromatic rings. The van der Waals surface area contributed by atoms with Crippen LogP contribution in [0.5, 0.6) is 0 Å². The van der Waals surface area contributed by atoms with Gasteiger partial charge in [-0.25, -0.2) is 10.8 Å². The van der Waals surface area contributed by atoms with E-state index in [1.807, 2.05) is 50.9 Å². The number of nitrogens with one attached hydrogen (secondary N) is 1.